The maximum absolute atomic E-state index is 4.40. The first-order chi connectivity index (χ1) is 11.2. The number of hydrogen-bond donors (Lipinski definition) is 2. The van der Waals surface area contributed by atoms with Crippen molar-refractivity contribution in [1.29, 1.82) is 0 Å². The summed E-state index contributed by atoms with van der Waals surface area (Å²) < 4.78 is 1.11. The molecule has 2 unspecified atom stereocenters. The fraction of sp³-hybridized carbons (Fsp3) is 0.611. The third-order valence-corrected chi connectivity index (χ3v) is 5.81. The molecule has 2 heterocycles. The van der Waals surface area contributed by atoms with Crippen molar-refractivity contribution in [1.82, 2.24) is 15.5 Å². The maximum atomic E-state index is 4.40. The van der Waals surface area contributed by atoms with Crippen molar-refractivity contribution in [2.45, 2.75) is 56.8 Å². The Morgan fingerprint density at radius 1 is 1.21 bits per heavy atom. The molecule has 2 N–H and O–H groups in total. The van der Waals surface area contributed by atoms with E-state index in [1.54, 1.807) is 0 Å². The zero-order chi connectivity index (χ0) is 16.2. The third-order valence-electron chi connectivity index (χ3n) is 5.28. The monoisotopic (exact) mass is 506 g/mol. The van der Waals surface area contributed by atoms with E-state index in [-0.39, 0.29) is 24.0 Å². The topological polar surface area (TPSA) is 39.7 Å². The fourth-order valence-corrected chi connectivity index (χ4v) is 4.17. The highest BCUT2D eigenvalue weighted by atomic mass is 127. The second kappa shape index (κ2) is 9.38. The zero-order valence-corrected chi connectivity index (χ0v) is 18.4. The maximum Gasteiger partial charge on any atom is 0.191 e. The molecule has 2 saturated heterocycles. The summed E-state index contributed by atoms with van der Waals surface area (Å²) in [5.41, 5.74) is 1.26. The summed E-state index contributed by atoms with van der Waals surface area (Å²) in [5, 5.41) is 7.08. The molecule has 0 aliphatic carbocycles. The van der Waals surface area contributed by atoms with Crippen LogP contribution in [-0.2, 0) is 6.54 Å². The van der Waals surface area contributed by atoms with Crippen LogP contribution < -0.4 is 10.6 Å². The summed E-state index contributed by atoms with van der Waals surface area (Å²) in [4.78, 5) is 7.00. The fourth-order valence-electron chi connectivity index (χ4n) is 3.91. The zero-order valence-electron chi connectivity index (χ0n) is 14.5. The molecule has 2 aliphatic heterocycles. The van der Waals surface area contributed by atoms with E-state index in [1.165, 1.54) is 37.7 Å². The lowest BCUT2D eigenvalue weighted by Gasteiger charge is -2.47. The molecule has 0 saturated carbocycles. The van der Waals surface area contributed by atoms with Gasteiger partial charge in [0.25, 0.3) is 0 Å². The number of halogens is 2. The van der Waals surface area contributed by atoms with Gasteiger partial charge in [0.05, 0.1) is 0 Å². The van der Waals surface area contributed by atoms with Gasteiger partial charge in [-0.2, -0.15) is 0 Å². The average Bonchev–Trinajstić information content (AvgIpc) is 2.53. The van der Waals surface area contributed by atoms with E-state index in [0.717, 1.165) is 29.1 Å². The largest absolute Gasteiger partial charge is 0.354 e. The van der Waals surface area contributed by atoms with Crippen molar-refractivity contribution in [3.05, 3.63) is 34.3 Å². The molecule has 1 aromatic carbocycles. The predicted molar refractivity (Wildman–Crippen MR) is 115 cm³/mol. The Hall–Kier alpha value is -0.340. The highest BCUT2D eigenvalue weighted by Gasteiger charge is 2.36. The SMILES string of the molecule is CN=C(NCc1ccc(Br)cc1)NC1CC2CCCC(C1)N2C.I. The van der Waals surface area contributed by atoms with Crippen LogP contribution in [-0.4, -0.2) is 43.1 Å². The second-order valence-electron chi connectivity index (χ2n) is 6.77. The van der Waals surface area contributed by atoms with E-state index in [0.29, 0.717) is 6.04 Å². The molecule has 0 amide bonds. The van der Waals surface area contributed by atoms with Crippen LogP contribution in [0.5, 0.6) is 0 Å². The second-order valence-corrected chi connectivity index (χ2v) is 7.68. The summed E-state index contributed by atoms with van der Waals surface area (Å²) in [6.07, 6.45) is 6.53. The summed E-state index contributed by atoms with van der Waals surface area (Å²) in [5.74, 6) is 0.917. The number of nitrogens with one attached hydrogen (secondary N) is 2. The van der Waals surface area contributed by atoms with Crippen LogP contribution >= 0.6 is 39.9 Å². The van der Waals surface area contributed by atoms with Gasteiger partial charge in [-0.25, -0.2) is 0 Å². The van der Waals surface area contributed by atoms with Crippen LogP contribution in [0.25, 0.3) is 0 Å². The minimum absolute atomic E-state index is 0. The van der Waals surface area contributed by atoms with E-state index in [4.69, 9.17) is 0 Å². The Kier molecular flexibility index (Phi) is 7.81. The van der Waals surface area contributed by atoms with Crippen molar-refractivity contribution in [2.24, 2.45) is 4.99 Å². The molecular formula is C18H28BrIN4. The van der Waals surface area contributed by atoms with Gasteiger partial charge in [-0.05, 0) is 50.4 Å². The molecule has 24 heavy (non-hydrogen) atoms. The van der Waals surface area contributed by atoms with Crippen molar-refractivity contribution < 1.29 is 0 Å². The predicted octanol–water partition coefficient (Wildman–Crippen LogP) is 3.75. The van der Waals surface area contributed by atoms with Crippen molar-refractivity contribution >= 4 is 45.9 Å². The molecule has 1 aromatic rings. The van der Waals surface area contributed by atoms with E-state index in [2.05, 4.69) is 67.8 Å². The number of nitrogens with zero attached hydrogens (tertiary/aromatic N) is 2. The third kappa shape index (κ3) is 5.08. The van der Waals surface area contributed by atoms with Crippen LogP contribution in [0.3, 0.4) is 0 Å². The van der Waals surface area contributed by atoms with Crippen LogP contribution in [0.4, 0.5) is 0 Å². The molecule has 6 heteroatoms. The van der Waals surface area contributed by atoms with Gasteiger partial charge in [-0.3, -0.25) is 4.99 Å². The molecule has 3 rings (SSSR count). The van der Waals surface area contributed by atoms with Crippen LogP contribution in [0, 0.1) is 0 Å². The number of guanidine groups is 1. The Morgan fingerprint density at radius 3 is 2.42 bits per heavy atom. The summed E-state index contributed by atoms with van der Waals surface area (Å²) in [7, 11) is 4.15. The smallest absolute Gasteiger partial charge is 0.191 e. The van der Waals surface area contributed by atoms with E-state index in [9.17, 15) is 0 Å². The Balaban J connectivity index is 0.00000208. The summed E-state index contributed by atoms with van der Waals surface area (Å²) in [6, 6.07) is 10.4. The molecule has 0 radical (unpaired) electrons. The van der Waals surface area contributed by atoms with Gasteiger partial charge < -0.3 is 15.5 Å². The van der Waals surface area contributed by atoms with Gasteiger partial charge in [0, 0.05) is 36.2 Å². The molecule has 4 nitrogen and oxygen atoms in total. The number of benzene rings is 1. The van der Waals surface area contributed by atoms with Crippen molar-refractivity contribution in [3.63, 3.8) is 0 Å². The Morgan fingerprint density at radius 2 is 1.83 bits per heavy atom. The van der Waals surface area contributed by atoms with Crippen LogP contribution in [0.15, 0.2) is 33.7 Å². The van der Waals surface area contributed by atoms with Crippen molar-refractivity contribution in [2.75, 3.05) is 14.1 Å². The first-order valence-electron chi connectivity index (χ1n) is 8.59. The number of aliphatic imine (C=N–C) groups is 1. The molecular weight excluding hydrogens is 479 g/mol. The normalized spacial score (nSPS) is 27.3. The van der Waals surface area contributed by atoms with Gasteiger partial charge in [0.15, 0.2) is 5.96 Å². The van der Waals surface area contributed by atoms with Gasteiger partial charge in [-0.15, -0.1) is 24.0 Å². The summed E-state index contributed by atoms with van der Waals surface area (Å²) >= 11 is 3.47. The minimum atomic E-state index is 0. The van der Waals surface area contributed by atoms with Gasteiger partial charge in [0.1, 0.15) is 0 Å². The molecule has 2 bridgehead atoms. The summed E-state index contributed by atoms with van der Waals surface area (Å²) in [6.45, 7) is 0.798. The van der Waals surface area contributed by atoms with Crippen LogP contribution in [0.1, 0.15) is 37.7 Å². The number of rotatable bonds is 3. The van der Waals surface area contributed by atoms with Crippen LogP contribution in [0.2, 0.25) is 0 Å². The lowest BCUT2D eigenvalue weighted by Crippen LogP contribution is -2.56. The highest BCUT2D eigenvalue weighted by molar-refractivity contribution is 14.0. The number of hydrogen-bond acceptors (Lipinski definition) is 2. The van der Waals surface area contributed by atoms with E-state index >= 15 is 0 Å². The molecule has 0 aromatic heterocycles. The van der Waals surface area contributed by atoms with E-state index in [1.807, 2.05) is 7.05 Å². The Labute approximate surface area is 171 Å². The quantitative estimate of drug-likeness (QED) is 0.372. The van der Waals surface area contributed by atoms with Gasteiger partial charge in [0.2, 0.25) is 0 Å². The van der Waals surface area contributed by atoms with Crippen molar-refractivity contribution in [3.8, 4) is 0 Å². The standard InChI is InChI=1S/C18H27BrN4.HI/c1-20-18(21-12-13-6-8-14(19)9-7-13)22-15-10-16-4-3-5-17(11-15)23(16)2;/h6-9,15-17H,3-5,10-12H2,1-2H3,(H2,20,21,22);1H. The lowest BCUT2D eigenvalue weighted by molar-refractivity contribution is 0.0526. The van der Waals surface area contributed by atoms with Gasteiger partial charge in [-0.1, -0.05) is 34.5 Å². The first-order valence-corrected chi connectivity index (χ1v) is 9.38. The molecule has 2 fully saturated rings. The highest BCUT2D eigenvalue weighted by Crippen LogP contribution is 2.32. The number of fused-ring (bicyclic) bond motifs is 2. The molecule has 2 aliphatic rings. The minimum Gasteiger partial charge on any atom is -0.354 e. The van der Waals surface area contributed by atoms with Gasteiger partial charge >= 0.3 is 0 Å². The first kappa shape index (κ1) is 20.0. The molecule has 2 atom stereocenters. The average molecular weight is 507 g/mol. The lowest BCUT2D eigenvalue weighted by atomic mass is 9.82. The molecule has 134 valence electrons. The Bertz CT molecular complexity index is 534. The molecule has 0 spiro atoms. The van der Waals surface area contributed by atoms with E-state index < -0.39 is 0 Å². The number of piperidine rings is 2.